The zero-order valence-corrected chi connectivity index (χ0v) is 28.9. The molecule has 0 atom stereocenters. The molecule has 0 saturated carbocycles. The maximum atomic E-state index is 4.99. The van der Waals surface area contributed by atoms with Crippen molar-refractivity contribution in [2.45, 2.75) is 5.41 Å². The highest BCUT2D eigenvalue weighted by Crippen LogP contribution is 2.58. The molecule has 0 N–H and O–H groups in total. The SMILES string of the molecule is c1ccc(-c2nc(-c3ccccc3)nc(-c3cccc(-c4ccc5c6c(ccc5c4)-c4ccccc4C6(c4ccccc4)c4ccccc4)c3)n2)cc1. The van der Waals surface area contributed by atoms with Gasteiger partial charge in [0.25, 0.3) is 0 Å². The predicted molar refractivity (Wildman–Crippen MR) is 216 cm³/mol. The van der Waals surface area contributed by atoms with Gasteiger partial charge in [0.1, 0.15) is 0 Å². The van der Waals surface area contributed by atoms with Crippen LogP contribution in [0.1, 0.15) is 22.3 Å². The summed E-state index contributed by atoms with van der Waals surface area (Å²) < 4.78 is 0. The van der Waals surface area contributed by atoms with Crippen molar-refractivity contribution in [2.75, 3.05) is 0 Å². The molecule has 1 aliphatic rings. The van der Waals surface area contributed by atoms with E-state index in [1.54, 1.807) is 0 Å². The molecule has 1 aliphatic carbocycles. The number of benzene rings is 8. The number of hydrogen-bond donors (Lipinski definition) is 0. The van der Waals surface area contributed by atoms with Crippen molar-refractivity contribution in [1.29, 1.82) is 0 Å². The van der Waals surface area contributed by atoms with Crippen LogP contribution in [0.5, 0.6) is 0 Å². The summed E-state index contributed by atoms with van der Waals surface area (Å²) in [6.45, 7) is 0. The van der Waals surface area contributed by atoms with Gasteiger partial charge >= 0.3 is 0 Å². The van der Waals surface area contributed by atoms with Crippen LogP contribution in [0.4, 0.5) is 0 Å². The van der Waals surface area contributed by atoms with E-state index in [0.29, 0.717) is 17.5 Å². The largest absolute Gasteiger partial charge is 0.208 e. The molecule has 0 aliphatic heterocycles. The van der Waals surface area contributed by atoms with E-state index in [0.717, 1.165) is 27.8 Å². The maximum Gasteiger partial charge on any atom is 0.164 e. The average molecular weight is 676 g/mol. The minimum atomic E-state index is -0.457. The smallest absolute Gasteiger partial charge is 0.164 e. The van der Waals surface area contributed by atoms with Crippen LogP contribution in [0, 0.1) is 0 Å². The molecule has 3 nitrogen and oxygen atoms in total. The van der Waals surface area contributed by atoms with Gasteiger partial charge in [-0.2, -0.15) is 0 Å². The Labute approximate surface area is 309 Å². The minimum absolute atomic E-state index is 0.457. The summed E-state index contributed by atoms with van der Waals surface area (Å²) in [5, 5.41) is 2.46. The lowest BCUT2D eigenvalue weighted by Crippen LogP contribution is -2.28. The van der Waals surface area contributed by atoms with E-state index in [1.807, 2.05) is 60.7 Å². The van der Waals surface area contributed by atoms with Crippen LogP contribution in [-0.4, -0.2) is 15.0 Å². The zero-order chi connectivity index (χ0) is 35.2. The fourth-order valence-electron chi connectivity index (χ4n) is 8.24. The molecular weight excluding hydrogens is 643 g/mol. The standard InChI is InChI=1S/C50H33N3/c1-5-16-34(17-6-1)47-51-48(35-18-7-2-8-19-35)53-49(52-47)39-21-15-20-36(33-39)37-28-30-42-38(32-37)29-31-44-43-26-13-14-27-45(43)50(46(42)44,40-22-9-3-10-23-40)41-24-11-4-12-25-41/h1-33H. The van der Waals surface area contributed by atoms with Crippen LogP contribution in [0.3, 0.4) is 0 Å². The van der Waals surface area contributed by atoms with Crippen LogP contribution in [0.2, 0.25) is 0 Å². The van der Waals surface area contributed by atoms with Crippen LogP contribution in [-0.2, 0) is 5.41 Å². The van der Waals surface area contributed by atoms with Crippen molar-refractivity contribution in [1.82, 2.24) is 15.0 Å². The Morgan fingerprint density at radius 2 is 0.811 bits per heavy atom. The second-order valence-corrected chi connectivity index (χ2v) is 13.6. The van der Waals surface area contributed by atoms with Crippen molar-refractivity contribution in [3.63, 3.8) is 0 Å². The average Bonchev–Trinajstić information content (AvgIpc) is 3.56. The summed E-state index contributed by atoms with van der Waals surface area (Å²) in [4.78, 5) is 14.9. The molecule has 0 spiro atoms. The highest BCUT2D eigenvalue weighted by Gasteiger charge is 2.46. The second-order valence-electron chi connectivity index (χ2n) is 13.6. The van der Waals surface area contributed by atoms with Crippen LogP contribution >= 0.6 is 0 Å². The first-order valence-electron chi connectivity index (χ1n) is 18.0. The van der Waals surface area contributed by atoms with E-state index in [1.165, 1.54) is 44.2 Å². The topological polar surface area (TPSA) is 38.7 Å². The fourth-order valence-corrected chi connectivity index (χ4v) is 8.24. The summed E-state index contributed by atoms with van der Waals surface area (Å²) in [7, 11) is 0. The number of fused-ring (bicyclic) bond motifs is 5. The molecule has 53 heavy (non-hydrogen) atoms. The van der Waals surface area contributed by atoms with Gasteiger partial charge in [-0.25, -0.2) is 15.0 Å². The molecule has 0 unspecified atom stereocenters. The summed E-state index contributed by atoms with van der Waals surface area (Å²) in [6, 6.07) is 71.2. The molecule has 248 valence electrons. The molecule has 1 heterocycles. The number of aromatic nitrogens is 3. The van der Waals surface area contributed by atoms with Gasteiger partial charge in [-0.3, -0.25) is 0 Å². The lowest BCUT2D eigenvalue weighted by Gasteiger charge is -2.34. The van der Waals surface area contributed by atoms with Gasteiger partial charge in [0.05, 0.1) is 5.41 Å². The molecule has 0 bridgehead atoms. The second kappa shape index (κ2) is 12.7. The maximum absolute atomic E-state index is 4.99. The Kier molecular flexibility index (Phi) is 7.36. The van der Waals surface area contributed by atoms with Gasteiger partial charge in [-0.05, 0) is 67.4 Å². The molecule has 0 fully saturated rings. The Morgan fingerprint density at radius 3 is 1.43 bits per heavy atom. The molecule has 3 heteroatoms. The Bertz CT molecular complexity index is 2660. The molecule has 9 aromatic rings. The summed E-state index contributed by atoms with van der Waals surface area (Å²) in [6.07, 6.45) is 0. The summed E-state index contributed by atoms with van der Waals surface area (Å²) in [5.74, 6) is 1.95. The third kappa shape index (κ3) is 5.09. The number of hydrogen-bond acceptors (Lipinski definition) is 3. The summed E-state index contributed by atoms with van der Waals surface area (Å²) >= 11 is 0. The Balaban J connectivity index is 1.13. The van der Waals surface area contributed by atoms with Crippen molar-refractivity contribution in [3.8, 4) is 56.4 Å². The zero-order valence-electron chi connectivity index (χ0n) is 28.9. The van der Waals surface area contributed by atoms with Gasteiger partial charge in [-0.15, -0.1) is 0 Å². The summed E-state index contributed by atoms with van der Waals surface area (Å²) in [5.41, 5.74) is 12.4. The Morgan fingerprint density at radius 1 is 0.321 bits per heavy atom. The van der Waals surface area contributed by atoms with E-state index in [4.69, 9.17) is 15.0 Å². The van der Waals surface area contributed by atoms with Crippen LogP contribution < -0.4 is 0 Å². The first-order chi connectivity index (χ1) is 26.3. The van der Waals surface area contributed by atoms with E-state index in [2.05, 4.69) is 140 Å². The lowest BCUT2D eigenvalue weighted by atomic mass is 9.66. The highest BCUT2D eigenvalue weighted by atomic mass is 15.0. The fraction of sp³-hybridized carbons (Fsp3) is 0.0200. The first kappa shape index (κ1) is 30.8. The molecule has 8 aromatic carbocycles. The first-order valence-corrected chi connectivity index (χ1v) is 18.0. The van der Waals surface area contributed by atoms with E-state index in [9.17, 15) is 0 Å². The van der Waals surface area contributed by atoms with Gasteiger partial charge in [0.15, 0.2) is 17.5 Å². The third-order valence-corrected chi connectivity index (χ3v) is 10.6. The quantitative estimate of drug-likeness (QED) is 0.176. The third-order valence-electron chi connectivity index (χ3n) is 10.6. The van der Waals surface area contributed by atoms with Crippen molar-refractivity contribution in [3.05, 3.63) is 222 Å². The monoisotopic (exact) mass is 675 g/mol. The number of rotatable bonds is 6. The Hall–Kier alpha value is -6.97. The molecule has 10 rings (SSSR count). The van der Waals surface area contributed by atoms with Gasteiger partial charge in [0.2, 0.25) is 0 Å². The van der Waals surface area contributed by atoms with Crippen molar-refractivity contribution < 1.29 is 0 Å². The van der Waals surface area contributed by atoms with Crippen molar-refractivity contribution >= 4 is 10.8 Å². The molecular formula is C50H33N3. The van der Waals surface area contributed by atoms with Crippen molar-refractivity contribution in [2.24, 2.45) is 0 Å². The molecule has 0 radical (unpaired) electrons. The van der Waals surface area contributed by atoms with Gasteiger partial charge in [0, 0.05) is 16.7 Å². The lowest BCUT2D eigenvalue weighted by molar-refractivity contribution is 0.775. The normalized spacial score (nSPS) is 12.7. The molecule has 0 saturated heterocycles. The van der Waals surface area contributed by atoms with Gasteiger partial charge < -0.3 is 0 Å². The van der Waals surface area contributed by atoms with E-state index >= 15 is 0 Å². The molecule has 0 amide bonds. The molecule has 1 aromatic heterocycles. The van der Waals surface area contributed by atoms with E-state index < -0.39 is 5.41 Å². The van der Waals surface area contributed by atoms with Gasteiger partial charge in [-0.1, -0.05) is 188 Å². The van der Waals surface area contributed by atoms with Crippen LogP contribution in [0.25, 0.3) is 67.2 Å². The highest BCUT2D eigenvalue weighted by molar-refractivity contribution is 6.01. The number of nitrogens with zero attached hydrogens (tertiary/aromatic N) is 3. The minimum Gasteiger partial charge on any atom is -0.208 e. The van der Waals surface area contributed by atoms with Crippen LogP contribution in [0.15, 0.2) is 200 Å². The van der Waals surface area contributed by atoms with E-state index in [-0.39, 0.29) is 0 Å². The predicted octanol–water partition coefficient (Wildman–Crippen LogP) is 12.1.